The molecular formula is C16H17N3O6. The number of fused-ring (bicyclic) bond motifs is 1. The number of primary amides is 1. The van der Waals surface area contributed by atoms with Crippen molar-refractivity contribution in [3.05, 3.63) is 29.5 Å². The number of hydrogen-bond donors (Lipinski definition) is 6. The number of nitrogens with two attached hydrogens (primary N) is 1. The van der Waals surface area contributed by atoms with Crippen molar-refractivity contribution in [2.45, 2.75) is 30.5 Å². The van der Waals surface area contributed by atoms with Crippen LogP contribution in [0.15, 0.2) is 18.3 Å². The van der Waals surface area contributed by atoms with Crippen molar-refractivity contribution in [2.75, 3.05) is 6.61 Å². The molecule has 25 heavy (non-hydrogen) atoms. The highest BCUT2D eigenvalue weighted by Gasteiger charge is 2.42. The summed E-state index contributed by atoms with van der Waals surface area (Å²) >= 11 is 0. The van der Waals surface area contributed by atoms with E-state index in [2.05, 4.69) is 22.0 Å². The summed E-state index contributed by atoms with van der Waals surface area (Å²) in [7, 11) is 0. The molecule has 0 aliphatic carbocycles. The molecule has 132 valence electrons. The molecule has 1 aromatic heterocycles. The fraction of sp³-hybridized carbons (Fsp3) is 0.375. The Labute approximate surface area is 142 Å². The summed E-state index contributed by atoms with van der Waals surface area (Å²) in [4.78, 5) is 11.4. The minimum Gasteiger partial charge on any atom is -0.394 e. The number of aromatic amines is 1. The fourth-order valence-corrected chi connectivity index (χ4v) is 2.67. The molecule has 5 atom stereocenters. The van der Waals surface area contributed by atoms with Gasteiger partial charge >= 0.3 is 0 Å². The number of amides is 1. The quantitative estimate of drug-likeness (QED) is 0.338. The summed E-state index contributed by atoms with van der Waals surface area (Å²) < 4.78 is 5.32. The van der Waals surface area contributed by atoms with Crippen LogP contribution in [0.2, 0.25) is 0 Å². The van der Waals surface area contributed by atoms with Gasteiger partial charge in [0.25, 0.3) is 0 Å². The van der Waals surface area contributed by atoms with Crippen LogP contribution >= 0.6 is 0 Å². The SMILES string of the molecule is NC(=O)c1cc(C#CC2OC(CO)[C@@H](O)C(O)C2O)c2[nH]ncc2c1. The molecule has 1 amide bonds. The van der Waals surface area contributed by atoms with Crippen molar-refractivity contribution in [3.8, 4) is 11.8 Å². The Morgan fingerprint density at radius 1 is 1.28 bits per heavy atom. The van der Waals surface area contributed by atoms with Gasteiger partial charge in [0.05, 0.1) is 23.9 Å². The number of hydrogen-bond acceptors (Lipinski definition) is 7. The van der Waals surface area contributed by atoms with Crippen molar-refractivity contribution in [1.29, 1.82) is 0 Å². The molecule has 2 heterocycles. The highest BCUT2D eigenvalue weighted by Crippen LogP contribution is 2.22. The number of aromatic nitrogens is 2. The normalized spacial score (nSPS) is 29.2. The molecule has 0 radical (unpaired) electrons. The Morgan fingerprint density at radius 2 is 2.04 bits per heavy atom. The maximum atomic E-state index is 11.4. The van der Waals surface area contributed by atoms with E-state index in [1.807, 2.05) is 0 Å². The molecule has 1 aliphatic heterocycles. The third-order valence-electron chi connectivity index (χ3n) is 4.07. The van der Waals surface area contributed by atoms with Gasteiger partial charge in [0.15, 0.2) is 0 Å². The topological polar surface area (TPSA) is 162 Å². The molecule has 7 N–H and O–H groups in total. The van der Waals surface area contributed by atoms with Gasteiger partial charge in [-0.2, -0.15) is 5.10 Å². The first-order chi connectivity index (χ1) is 11.9. The Hall–Kier alpha value is -2.48. The first-order valence-corrected chi connectivity index (χ1v) is 7.51. The van der Waals surface area contributed by atoms with Gasteiger partial charge in [0.1, 0.15) is 30.5 Å². The number of carbonyl (C=O) groups is 1. The lowest BCUT2D eigenvalue weighted by Crippen LogP contribution is -2.58. The maximum absolute atomic E-state index is 11.4. The maximum Gasteiger partial charge on any atom is 0.248 e. The van der Waals surface area contributed by atoms with Gasteiger partial charge in [-0.1, -0.05) is 11.8 Å². The number of nitrogens with one attached hydrogen (secondary N) is 1. The summed E-state index contributed by atoms with van der Waals surface area (Å²) in [6.07, 6.45) is -5.07. The number of aliphatic hydroxyl groups is 4. The lowest BCUT2D eigenvalue weighted by Gasteiger charge is -2.37. The van der Waals surface area contributed by atoms with Crippen molar-refractivity contribution in [1.82, 2.24) is 10.2 Å². The zero-order chi connectivity index (χ0) is 18.1. The van der Waals surface area contributed by atoms with Gasteiger partial charge in [-0.15, -0.1) is 0 Å². The number of ether oxygens (including phenoxy) is 1. The van der Waals surface area contributed by atoms with Crippen LogP contribution < -0.4 is 5.73 Å². The number of aliphatic hydroxyl groups excluding tert-OH is 4. The molecule has 1 fully saturated rings. The molecule has 0 spiro atoms. The van der Waals surface area contributed by atoms with Crippen LogP contribution in [0.5, 0.6) is 0 Å². The number of nitrogens with zero attached hydrogens (tertiary/aromatic N) is 1. The lowest BCUT2D eigenvalue weighted by atomic mass is 9.95. The smallest absolute Gasteiger partial charge is 0.248 e. The summed E-state index contributed by atoms with van der Waals surface area (Å²) in [5.41, 5.74) is 6.52. The monoisotopic (exact) mass is 347 g/mol. The lowest BCUT2D eigenvalue weighted by molar-refractivity contribution is -0.214. The van der Waals surface area contributed by atoms with Crippen molar-refractivity contribution >= 4 is 16.8 Å². The molecule has 4 unspecified atom stereocenters. The second-order valence-corrected chi connectivity index (χ2v) is 5.74. The van der Waals surface area contributed by atoms with Crippen LogP contribution in [0.3, 0.4) is 0 Å². The highest BCUT2D eigenvalue weighted by molar-refractivity contribution is 5.98. The molecule has 1 aliphatic rings. The average molecular weight is 347 g/mol. The van der Waals surface area contributed by atoms with Gasteiger partial charge in [0, 0.05) is 10.9 Å². The minimum absolute atomic E-state index is 0.243. The molecule has 2 aromatic rings. The number of rotatable bonds is 2. The van der Waals surface area contributed by atoms with Gasteiger partial charge in [-0.05, 0) is 12.1 Å². The number of carbonyl (C=O) groups excluding carboxylic acids is 1. The van der Waals surface area contributed by atoms with E-state index in [-0.39, 0.29) is 5.56 Å². The molecule has 1 aromatic carbocycles. The fourth-order valence-electron chi connectivity index (χ4n) is 2.67. The molecule has 0 saturated carbocycles. The highest BCUT2D eigenvalue weighted by atomic mass is 16.5. The third-order valence-corrected chi connectivity index (χ3v) is 4.07. The average Bonchev–Trinajstić information content (AvgIpc) is 3.07. The molecule has 9 heteroatoms. The van der Waals surface area contributed by atoms with Gasteiger partial charge in [-0.25, -0.2) is 0 Å². The van der Waals surface area contributed by atoms with Crippen LogP contribution in [0.1, 0.15) is 15.9 Å². The van der Waals surface area contributed by atoms with Gasteiger partial charge < -0.3 is 30.9 Å². The number of benzene rings is 1. The van der Waals surface area contributed by atoms with E-state index < -0.39 is 43.0 Å². The van der Waals surface area contributed by atoms with E-state index in [1.54, 1.807) is 6.07 Å². The van der Waals surface area contributed by atoms with E-state index in [1.165, 1.54) is 12.3 Å². The Bertz CT molecular complexity index is 852. The van der Waals surface area contributed by atoms with E-state index in [0.717, 1.165) is 0 Å². The summed E-state index contributed by atoms with van der Waals surface area (Å²) in [6, 6.07) is 3.04. The van der Waals surface area contributed by atoms with Crippen LogP contribution in [0, 0.1) is 11.8 Å². The van der Waals surface area contributed by atoms with E-state index in [9.17, 15) is 25.2 Å². The largest absolute Gasteiger partial charge is 0.394 e. The molecule has 9 nitrogen and oxygen atoms in total. The molecule has 3 rings (SSSR count). The number of H-pyrrole nitrogens is 1. The standard InChI is InChI=1S/C16H17N3O6/c17-16(24)8-3-7(12-9(4-8)5-18-19-12)1-2-10-13(21)15(23)14(22)11(6-20)25-10/h3-5,10-11,13-15,20-23H,6H2,(H2,17,24)(H,18,19)/t10?,11?,13?,14-,15?/m1/s1. The van der Waals surface area contributed by atoms with Gasteiger partial charge in [-0.3, -0.25) is 9.89 Å². The third kappa shape index (κ3) is 3.21. The Kier molecular flexibility index (Phi) is 4.71. The van der Waals surface area contributed by atoms with Crippen LogP contribution in [-0.4, -0.2) is 73.7 Å². The van der Waals surface area contributed by atoms with Crippen molar-refractivity contribution in [2.24, 2.45) is 5.73 Å². The molecule has 1 saturated heterocycles. The van der Waals surface area contributed by atoms with Crippen LogP contribution in [-0.2, 0) is 4.74 Å². The summed E-state index contributed by atoms with van der Waals surface area (Å²) in [6.45, 7) is -0.537. The Morgan fingerprint density at radius 3 is 2.72 bits per heavy atom. The first kappa shape index (κ1) is 17.3. The van der Waals surface area contributed by atoms with E-state index >= 15 is 0 Å². The Balaban J connectivity index is 1.96. The summed E-state index contributed by atoms with van der Waals surface area (Å²) in [5, 5.41) is 46.0. The zero-order valence-corrected chi connectivity index (χ0v) is 13.0. The van der Waals surface area contributed by atoms with E-state index in [4.69, 9.17) is 10.5 Å². The van der Waals surface area contributed by atoms with Crippen LogP contribution in [0.4, 0.5) is 0 Å². The molecule has 0 bridgehead atoms. The summed E-state index contributed by atoms with van der Waals surface area (Å²) in [5.74, 6) is 4.78. The zero-order valence-electron chi connectivity index (χ0n) is 13.0. The predicted octanol–water partition coefficient (Wildman–Crippen LogP) is -2.14. The minimum atomic E-state index is -1.51. The first-order valence-electron chi connectivity index (χ1n) is 7.51. The van der Waals surface area contributed by atoms with Crippen molar-refractivity contribution < 1.29 is 30.0 Å². The predicted molar refractivity (Wildman–Crippen MR) is 85.3 cm³/mol. The van der Waals surface area contributed by atoms with Crippen molar-refractivity contribution in [3.63, 3.8) is 0 Å². The van der Waals surface area contributed by atoms with Crippen LogP contribution in [0.25, 0.3) is 10.9 Å². The molecular weight excluding hydrogens is 330 g/mol. The second kappa shape index (κ2) is 6.79. The van der Waals surface area contributed by atoms with Gasteiger partial charge in [0.2, 0.25) is 5.91 Å². The second-order valence-electron chi connectivity index (χ2n) is 5.74. The van der Waals surface area contributed by atoms with E-state index in [0.29, 0.717) is 16.5 Å².